The van der Waals surface area contributed by atoms with Gasteiger partial charge in [0.15, 0.2) is 0 Å². The molecular weight excluding hydrogens is 154 g/mol. The van der Waals surface area contributed by atoms with Crippen molar-refractivity contribution in [3.8, 4) is 0 Å². The van der Waals surface area contributed by atoms with Gasteiger partial charge in [-0.2, -0.15) is 0 Å². The summed E-state index contributed by atoms with van der Waals surface area (Å²) in [5.74, 6) is 0. The van der Waals surface area contributed by atoms with Gasteiger partial charge in [-0.25, -0.2) is 5.32 Å². The number of piperidine rings is 1. The lowest BCUT2D eigenvalue weighted by Crippen LogP contribution is -2.31. The fourth-order valence-electron chi connectivity index (χ4n) is 1.35. The Bertz CT molecular complexity index is 103. The van der Waals surface area contributed by atoms with Crippen molar-refractivity contribution in [3.63, 3.8) is 0 Å². The maximum Gasteiger partial charge on any atom is 0.0716 e. The monoisotopic (exact) mass is 172 g/mol. The first kappa shape index (κ1) is 9.96. The van der Waals surface area contributed by atoms with Crippen molar-refractivity contribution in [2.45, 2.75) is 25.4 Å². The summed E-state index contributed by atoms with van der Waals surface area (Å²) in [5.41, 5.74) is 0. The molecule has 0 aromatic heterocycles. The molecule has 1 unspecified atom stereocenters. The highest BCUT2D eigenvalue weighted by atomic mass is 16.5. The first-order valence-electron chi connectivity index (χ1n) is 4.67. The Morgan fingerprint density at radius 1 is 1.42 bits per heavy atom. The van der Waals surface area contributed by atoms with Crippen LogP contribution in [0.2, 0.25) is 0 Å². The Morgan fingerprint density at radius 3 is 3.00 bits per heavy atom. The number of hydrogen-bond acceptors (Lipinski definition) is 2. The number of ether oxygens (including phenoxy) is 2. The zero-order valence-corrected chi connectivity index (χ0v) is 7.79. The van der Waals surface area contributed by atoms with Crippen LogP contribution in [-0.2, 0) is 9.47 Å². The van der Waals surface area contributed by atoms with Crippen LogP contribution in [0.15, 0.2) is 0 Å². The van der Waals surface area contributed by atoms with Crippen LogP contribution in [0.25, 0.3) is 0 Å². The maximum atomic E-state index is 5.61. The number of rotatable bonds is 5. The summed E-state index contributed by atoms with van der Waals surface area (Å²) in [6, 6.07) is 0. The van der Waals surface area contributed by atoms with Crippen molar-refractivity contribution in [1.82, 2.24) is 5.32 Å². The summed E-state index contributed by atoms with van der Waals surface area (Å²) >= 11 is 0. The Balaban J connectivity index is 1.91. The molecule has 0 aromatic rings. The van der Waals surface area contributed by atoms with Gasteiger partial charge in [0.1, 0.15) is 0 Å². The van der Waals surface area contributed by atoms with Crippen LogP contribution in [0.5, 0.6) is 0 Å². The van der Waals surface area contributed by atoms with Crippen molar-refractivity contribution < 1.29 is 9.47 Å². The van der Waals surface area contributed by atoms with Crippen LogP contribution in [0.4, 0.5) is 0 Å². The second-order valence-corrected chi connectivity index (χ2v) is 3.11. The van der Waals surface area contributed by atoms with E-state index in [9.17, 15) is 0 Å². The molecule has 1 aliphatic rings. The molecule has 1 aliphatic heterocycles. The minimum Gasteiger partial charge on any atom is -0.385 e. The van der Waals surface area contributed by atoms with Crippen LogP contribution in [-0.4, -0.2) is 39.5 Å². The summed E-state index contributed by atoms with van der Waals surface area (Å²) in [4.78, 5) is 0. The minimum atomic E-state index is 0.385. The van der Waals surface area contributed by atoms with E-state index in [1.165, 1.54) is 12.8 Å². The van der Waals surface area contributed by atoms with Crippen LogP contribution < -0.4 is 5.32 Å². The third-order valence-corrected chi connectivity index (χ3v) is 2.02. The van der Waals surface area contributed by atoms with Gasteiger partial charge < -0.3 is 9.47 Å². The summed E-state index contributed by atoms with van der Waals surface area (Å²) in [7, 11) is 1.72. The minimum absolute atomic E-state index is 0.385. The molecule has 0 spiro atoms. The third kappa shape index (κ3) is 4.04. The molecule has 1 saturated heterocycles. The second kappa shape index (κ2) is 6.40. The van der Waals surface area contributed by atoms with Crippen LogP contribution in [0.1, 0.15) is 19.3 Å². The van der Waals surface area contributed by atoms with Gasteiger partial charge in [0, 0.05) is 33.4 Å². The van der Waals surface area contributed by atoms with Gasteiger partial charge in [0.25, 0.3) is 0 Å². The predicted octanol–water partition coefficient (Wildman–Crippen LogP) is 0.806. The first-order valence-corrected chi connectivity index (χ1v) is 4.67. The molecule has 1 fully saturated rings. The van der Waals surface area contributed by atoms with Gasteiger partial charge in [0.2, 0.25) is 0 Å². The smallest absolute Gasteiger partial charge is 0.0716 e. The summed E-state index contributed by atoms with van der Waals surface area (Å²) in [6.45, 7) is 3.53. The lowest BCUT2D eigenvalue weighted by molar-refractivity contribution is 0.0251. The Kier molecular flexibility index (Phi) is 5.32. The Labute approximate surface area is 74.4 Å². The van der Waals surface area contributed by atoms with Gasteiger partial charge in [0.05, 0.1) is 6.10 Å². The molecule has 71 valence electrons. The molecule has 3 heteroatoms. The highest BCUT2D eigenvalue weighted by molar-refractivity contribution is 4.67. The summed E-state index contributed by atoms with van der Waals surface area (Å²) in [5, 5.41) is 4.30. The molecule has 0 saturated carbocycles. The van der Waals surface area contributed by atoms with Crippen molar-refractivity contribution in [2.75, 3.05) is 33.4 Å². The van der Waals surface area contributed by atoms with E-state index in [-0.39, 0.29) is 0 Å². The highest BCUT2D eigenvalue weighted by Gasteiger charge is 2.13. The van der Waals surface area contributed by atoms with Gasteiger partial charge in [-0.3, -0.25) is 0 Å². The van der Waals surface area contributed by atoms with E-state index in [2.05, 4.69) is 5.32 Å². The van der Waals surface area contributed by atoms with E-state index in [4.69, 9.17) is 9.47 Å². The molecule has 1 atom stereocenters. The fraction of sp³-hybridized carbons (Fsp3) is 1.00. The van der Waals surface area contributed by atoms with Crippen molar-refractivity contribution in [1.29, 1.82) is 0 Å². The van der Waals surface area contributed by atoms with Crippen LogP contribution in [0.3, 0.4) is 0 Å². The molecule has 3 nitrogen and oxygen atoms in total. The molecular formula is C9H18NO2. The average Bonchev–Trinajstić information content (AvgIpc) is 2.14. The summed E-state index contributed by atoms with van der Waals surface area (Å²) < 4.78 is 10.5. The van der Waals surface area contributed by atoms with Crippen molar-refractivity contribution in [2.24, 2.45) is 0 Å². The zero-order valence-electron chi connectivity index (χ0n) is 7.79. The van der Waals surface area contributed by atoms with Crippen molar-refractivity contribution in [3.05, 3.63) is 0 Å². The molecule has 0 aromatic carbocycles. The number of hydrogen-bond donors (Lipinski definition) is 0. The van der Waals surface area contributed by atoms with E-state index >= 15 is 0 Å². The molecule has 1 radical (unpaired) electrons. The molecule has 0 bridgehead atoms. The second-order valence-electron chi connectivity index (χ2n) is 3.11. The maximum absolute atomic E-state index is 5.61. The van der Waals surface area contributed by atoms with Crippen LogP contribution in [0, 0.1) is 0 Å². The average molecular weight is 172 g/mol. The molecule has 0 amide bonds. The molecule has 0 aliphatic carbocycles. The lowest BCUT2D eigenvalue weighted by atomic mass is 10.1. The molecule has 0 N–H and O–H groups in total. The number of methoxy groups -OCH3 is 1. The quantitative estimate of drug-likeness (QED) is 0.575. The van der Waals surface area contributed by atoms with E-state index in [1.54, 1.807) is 7.11 Å². The predicted molar refractivity (Wildman–Crippen MR) is 47.3 cm³/mol. The highest BCUT2D eigenvalue weighted by Crippen LogP contribution is 2.06. The Hall–Kier alpha value is -0.120. The van der Waals surface area contributed by atoms with Gasteiger partial charge in [-0.1, -0.05) is 0 Å². The lowest BCUT2D eigenvalue weighted by Gasteiger charge is -2.21. The topological polar surface area (TPSA) is 32.6 Å². The van der Waals surface area contributed by atoms with E-state index in [1.807, 2.05) is 0 Å². The normalized spacial score (nSPS) is 24.2. The van der Waals surface area contributed by atoms with E-state index in [0.29, 0.717) is 6.10 Å². The van der Waals surface area contributed by atoms with Crippen LogP contribution >= 0.6 is 0 Å². The third-order valence-electron chi connectivity index (χ3n) is 2.02. The van der Waals surface area contributed by atoms with E-state index in [0.717, 1.165) is 32.7 Å². The standard InChI is InChI=1S/C9H18NO2/c1-11-6-3-7-12-9-4-2-5-10-8-9/h9H,2-8H2,1H3. The first-order chi connectivity index (χ1) is 5.93. The largest absolute Gasteiger partial charge is 0.385 e. The molecule has 1 rings (SSSR count). The SMILES string of the molecule is COCCCOC1CCC[N]C1. The van der Waals surface area contributed by atoms with Crippen molar-refractivity contribution >= 4 is 0 Å². The van der Waals surface area contributed by atoms with Gasteiger partial charge >= 0.3 is 0 Å². The molecule has 12 heavy (non-hydrogen) atoms. The number of nitrogens with zero attached hydrogens (tertiary/aromatic N) is 1. The van der Waals surface area contributed by atoms with Gasteiger partial charge in [-0.15, -0.1) is 0 Å². The van der Waals surface area contributed by atoms with Gasteiger partial charge in [-0.05, 0) is 19.3 Å². The van der Waals surface area contributed by atoms with E-state index < -0.39 is 0 Å². The Morgan fingerprint density at radius 2 is 2.33 bits per heavy atom. The zero-order chi connectivity index (χ0) is 8.65. The fourth-order valence-corrected chi connectivity index (χ4v) is 1.35. The molecule has 1 heterocycles. The summed E-state index contributed by atoms with van der Waals surface area (Å²) in [6.07, 6.45) is 3.74.